The van der Waals surface area contributed by atoms with Crippen molar-refractivity contribution in [1.29, 1.82) is 0 Å². The van der Waals surface area contributed by atoms with Gasteiger partial charge < -0.3 is 19.7 Å². The SMILES string of the molecule is CCCCCCCCOC(O)CCCCCCCC(O)OCCCCCCCC. The molecular weight excluding hydrogens is 364 g/mol. The summed E-state index contributed by atoms with van der Waals surface area (Å²) in [6, 6.07) is 0. The Kier molecular flexibility index (Phi) is 24.0. The van der Waals surface area contributed by atoms with Gasteiger partial charge in [-0.1, -0.05) is 97.3 Å². The average Bonchev–Trinajstić information content (AvgIpc) is 2.71. The highest BCUT2D eigenvalue weighted by atomic mass is 16.6. The van der Waals surface area contributed by atoms with Crippen molar-refractivity contribution in [1.82, 2.24) is 0 Å². The number of ether oxygens (including phenoxy) is 2. The van der Waals surface area contributed by atoms with Crippen LogP contribution >= 0.6 is 0 Å². The van der Waals surface area contributed by atoms with Crippen molar-refractivity contribution in [2.24, 2.45) is 0 Å². The summed E-state index contributed by atoms with van der Waals surface area (Å²) in [6.45, 7) is 5.83. The van der Waals surface area contributed by atoms with Gasteiger partial charge in [0.2, 0.25) is 0 Å². The molecule has 0 bridgehead atoms. The maximum absolute atomic E-state index is 9.86. The molecule has 0 aromatic rings. The first-order chi connectivity index (χ1) is 14.2. The molecule has 0 aromatic carbocycles. The van der Waals surface area contributed by atoms with E-state index in [4.69, 9.17) is 9.47 Å². The summed E-state index contributed by atoms with van der Waals surface area (Å²) in [6.07, 6.45) is 20.6. The van der Waals surface area contributed by atoms with Crippen molar-refractivity contribution >= 4 is 0 Å². The zero-order chi connectivity index (χ0) is 21.4. The standard InChI is InChI=1S/C25H52O4/c1-3-5-7-9-14-18-22-28-24(26)20-16-12-11-13-17-21-25(27)29-23-19-15-10-8-6-4-2/h24-27H,3-23H2,1-2H3. The van der Waals surface area contributed by atoms with Gasteiger partial charge in [0, 0.05) is 13.2 Å². The molecular formula is C25H52O4. The Bertz CT molecular complexity index is 271. The van der Waals surface area contributed by atoms with Crippen LogP contribution in [0.5, 0.6) is 0 Å². The van der Waals surface area contributed by atoms with Gasteiger partial charge in [-0.25, -0.2) is 0 Å². The molecule has 0 radical (unpaired) electrons. The molecule has 4 heteroatoms. The Morgan fingerprint density at radius 1 is 0.448 bits per heavy atom. The van der Waals surface area contributed by atoms with Gasteiger partial charge >= 0.3 is 0 Å². The second-order valence-electron chi connectivity index (χ2n) is 8.53. The van der Waals surface area contributed by atoms with E-state index >= 15 is 0 Å². The third-order valence-electron chi connectivity index (χ3n) is 5.52. The van der Waals surface area contributed by atoms with Crippen LogP contribution < -0.4 is 0 Å². The van der Waals surface area contributed by atoms with E-state index in [0.29, 0.717) is 13.2 Å². The molecule has 0 saturated heterocycles. The van der Waals surface area contributed by atoms with Crippen molar-refractivity contribution in [3.8, 4) is 0 Å². The molecule has 0 aliphatic heterocycles. The minimum Gasteiger partial charge on any atom is -0.368 e. The smallest absolute Gasteiger partial charge is 0.154 e. The fraction of sp³-hybridized carbons (Fsp3) is 1.00. The van der Waals surface area contributed by atoms with Gasteiger partial charge in [0.25, 0.3) is 0 Å². The Morgan fingerprint density at radius 2 is 0.759 bits per heavy atom. The summed E-state index contributed by atoms with van der Waals surface area (Å²) in [5.41, 5.74) is 0. The number of aliphatic hydroxyl groups excluding tert-OH is 2. The van der Waals surface area contributed by atoms with Crippen LogP contribution in [0.3, 0.4) is 0 Å². The van der Waals surface area contributed by atoms with Crippen LogP contribution in [0, 0.1) is 0 Å². The zero-order valence-corrected chi connectivity index (χ0v) is 19.7. The summed E-state index contributed by atoms with van der Waals surface area (Å²) in [5.74, 6) is 0. The highest BCUT2D eigenvalue weighted by molar-refractivity contribution is 4.51. The molecule has 0 heterocycles. The van der Waals surface area contributed by atoms with Crippen molar-refractivity contribution in [3.63, 3.8) is 0 Å². The van der Waals surface area contributed by atoms with Crippen LogP contribution in [0.15, 0.2) is 0 Å². The molecule has 0 spiro atoms. The predicted octanol–water partition coefficient (Wildman–Crippen LogP) is 7.11. The molecule has 2 atom stereocenters. The lowest BCUT2D eigenvalue weighted by molar-refractivity contribution is -0.105. The first kappa shape index (κ1) is 28.8. The summed E-state index contributed by atoms with van der Waals surface area (Å²) in [4.78, 5) is 0. The molecule has 4 nitrogen and oxygen atoms in total. The molecule has 0 aromatic heterocycles. The molecule has 0 rings (SSSR count). The highest BCUT2D eigenvalue weighted by Crippen LogP contribution is 2.12. The third-order valence-corrected chi connectivity index (χ3v) is 5.52. The first-order valence-corrected chi connectivity index (χ1v) is 12.8. The van der Waals surface area contributed by atoms with Crippen molar-refractivity contribution in [3.05, 3.63) is 0 Å². The van der Waals surface area contributed by atoms with Crippen LogP contribution in [-0.2, 0) is 9.47 Å². The topological polar surface area (TPSA) is 58.9 Å². The van der Waals surface area contributed by atoms with E-state index in [1.165, 1.54) is 64.2 Å². The number of rotatable bonds is 24. The summed E-state index contributed by atoms with van der Waals surface area (Å²) >= 11 is 0. The minimum atomic E-state index is -0.595. The van der Waals surface area contributed by atoms with Gasteiger partial charge in [0.05, 0.1) is 0 Å². The lowest BCUT2D eigenvalue weighted by atomic mass is 10.1. The first-order valence-electron chi connectivity index (χ1n) is 12.8. The van der Waals surface area contributed by atoms with Crippen LogP contribution in [0.25, 0.3) is 0 Å². The molecule has 29 heavy (non-hydrogen) atoms. The van der Waals surface area contributed by atoms with E-state index in [-0.39, 0.29) is 0 Å². The molecule has 2 N–H and O–H groups in total. The van der Waals surface area contributed by atoms with E-state index in [1.807, 2.05) is 0 Å². The summed E-state index contributed by atoms with van der Waals surface area (Å²) < 4.78 is 11.0. The molecule has 0 aliphatic carbocycles. The largest absolute Gasteiger partial charge is 0.368 e. The molecule has 2 unspecified atom stereocenters. The fourth-order valence-electron chi connectivity index (χ4n) is 3.54. The molecule has 0 amide bonds. The number of aliphatic hydroxyl groups is 2. The number of hydrogen-bond donors (Lipinski definition) is 2. The Balaban J connectivity index is 3.24. The Labute approximate surface area is 181 Å². The second-order valence-corrected chi connectivity index (χ2v) is 8.53. The second kappa shape index (κ2) is 24.1. The summed E-state index contributed by atoms with van der Waals surface area (Å²) in [7, 11) is 0. The van der Waals surface area contributed by atoms with Gasteiger partial charge in [-0.15, -0.1) is 0 Å². The van der Waals surface area contributed by atoms with Crippen LogP contribution in [0.4, 0.5) is 0 Å². The van der Waals surface area contributed by atoms with Crippen LogP contribution in [0.2, 0.25) is 0 Å². The normalized spacial score (nSPS) is 13.7. The van der Waals surface area contributed by atoms with Gasteiger partial charge in [-0.3, -0.25) is 0 Å². The van der Waals surface area contributed by atoms with E-state index in [9.17, 15) is 10.2 Å². The van der Waals surface area contributed by atoms with Gasteiger partial charge in [-0.05, 0) is 38.5 Å². The maximum Gasteiger partial charge on any atom is 0.154 e. The molecule has 0 saturated carbocycles. The predicted molar refractivity (Wildman–Crippen MR) is 123 cm³/mol. The Morgan fingerprint density at radius 3 is 1.14 bits per heavy atom. The zero-order valence-electron chi connectivity index (χ0n) is 19.7. The fourth-order valence-corrected chi connectivity index (χ4v) is 3.54. The number of hydrogen-bond acceptors (Lipinski definition) is 4. The highest BCUT2D eigenvalue weighted by Gasteiger charge is 2.05. The lowest BCUT2D eigenvalue weighted by Crippen LogP contribution is -2.13. The van der Waals surface area contributed by atoms with Gasteiger partial charge in [0.1, 0.15) is 0 Å². The van der Waals surface area contributed by atoms with E-state index in [1.54, 1.807) is 0 Å². The van der Waals surface area contributed by atoms with Crippen LogP contribution in [0.1, 0.15) is 136 Å². The Hall–Kier alpha value is -0.160. The molecule has 0 aliphatic rings. The lowest BCUT2D eigenvalue weighted by Gasteiger charge is -2.13. The van der Waals surface area contributed by atoms with E-state index in [2.05, 4.69) is 13.8 Å². The van der Waals surface area contributed by atoms with Gasteiger partial charge in [-0.2, -0.15) is 0 Å². The van der Waals surface area contributed by atoms with E-state index in [0.717, 1.165) is 57.8 Å². The van der Waals surface area contributed by atoms with Crippen LogP contribution in [-0.4, -0.2) is 36.0 Å². The van der Waals surface area contributed by atoms with E-state index < -0.39 is 12.6 Å². The minimum absolute atomic E-state index is 0.595. The molecule has 0 fully saturated rings. The van der Waals surface area contributed by atoms with Crippen molar-refractivity contribution in [2.75, 3.05) is 13.2 Å². The molecule has 176 valence electrons. The third kappa shape index (κ3) is 24.0. The van der Waals surface area contributed by atoms with Crippen molar-refractivity contribution in [2.45, 2.75) is 148 Å². The monoisotopic (exact) mass is 416 g/mol. The average molecular weight is 417 g/mol. The van der Waals surface area contributed by atoms with Crippen molar-refractivity contribution < 1.29 is 19.7 Å². The maximum atomic E-state index is 9.86. The number of unbranched alkanes of at least 4 members (excludes halogenated alkanes) is 14. The van der Waals surface area contributed by atoms with Gasteiger partial charge in [0.15, 0.2) is 12.6 Å². The summed E-state index contributed by atoms with van der Waals surface area (Å²) in [5, 5.41) is 19.7. The quantitative estimate of drug-likeness (QED) is 0.130.